The number of carbonyl (C=O) groups is 2. The zero-order chi connectivity index (χ0) is 20.1. The molecule has 7 heteroatoms. The van der Waals surface area contributed by atoms with Crippen LogP contribution < -0.4 is 5.32 Å². The van der Waals surface area contributed by atoms with Gasteiger partial charge in [-0.1, -0.05) is 32.4 Å². The molecule has 1 aliphatic carbocycles. The van der Waals surface area contributed by atoms with Crippen LogP contribution in [0.15, 0.2) is 11.6 Å². The van der Waals surface area contributed by atoms with E-state index in [9.17, 15) is 9.59 Å². The van der Waals surface area contributed by atoms with E-state index in [0.717, 1.165) is 24.5 Å². The Bertz CT molecular complexity index is 737. The first-order chi connectivity index (χ1) is 13.5. The van der Waals surface area contributed by atoms with E-state index in [4.69, 9.17) is 0 Å². The highest BCUT2D eigenvalue weighted by atomic mass is 16.2. The lowest BCUT2D eigenvalue weighted by molar-refractivity contribution is -0.130. The Balaban J connectivity index is 1.69. The molecule has 154 valence electrons. The summed E-state index contributed by atoms with van der Waals surface area (Å²) in [5.74, 6) is 2.15. The zero-order valence-electron chi connectivity index (χ0n) is 17.4. The van der Waals surface area contributed by atoms with Crippen LogP contribution in [0.2, 0.25) is 0 Å². The van der Waals surface area contributed by atoms with E-state index in [-0.39, 0.29) is 23.8 Å². The Morgan fingerprint density at radius 2 is 1.96 bits per heavy atom. The van der Waals surface area contributed by atoms with Gasteiger partial charge in [-0.05, 0) is 31.6 Å². The van der Waals surface area contributed by atoms with E-state index < -0.39 is 0 Å². The Kier molecular flexibility index (Phi) is 6.86. The molecule has 0 spiro atoms. The highest BCUT2D eigenvalue weighted by Gasteiger charge is 2.28. The van der Waals surface area contributed by atoms with E-state index in [1.807, 2.05) is 11.8 Å². The average Bonchev–Trinajstić information content (AvgIpc) is 2.96. The molecule has 1 aromatic rings. The van der Waals surface area contributed by atoms with Crippen molar-refractivity contribution in [2.45, 2.75) is 78.3 Å². The highest BCUT2D eigenvalue weighted by molar-refractivity contribution is 5.78. The molecule has 2 amide bonds. The highest BCUT2D eigenvalue weighted by Crippen LogP contribution is 2.24. The Morgan fingerprint density at radius 1 is 1.14 bits per heavy atom. The zero-order valence-corrected chi connectivity index (χ0v) is 17.4. The summed E-state index contributed by atoms with van der Waals surface area (Å²) in [5.41, 5.74) is 1.29. The van der Waals surface area contributed by atoms with Crippen LogP contribution in [0.1, 0.15) is 77.0 Å². The molecule has 0 fully saturated rings. The molecule has 1 aromatic heterocycles. The van der Waals surface area contributed by atoms with Crippen LogP contribution in [0.5, 0.6) is 0 Å². The maximum Gasteiger partial charge on any atom is 0.226 e. The Morgan fingerprint density at radius 3 is 2.64 bits per heavy atom. The third-order valence-corrected chi connectivity index (χ3v) is 5.75. The van der Waals surface area contributed by atoms with Crippen LogP contribution >= 0.6 is 0 Å². The maximum atomic E-state index is 12.8. The van der Waals surface area contributed by atoms with Gasteiger partial charge in [0, 0.05) is 38.9 Å². The molecular formula is C21H33N5O2. The molecular weight excluding hydrogens is 354 g/mol. The molecule has 1 aliphatic heterocycles. The first kappa shape index (κ1) is 20.6. The number of hydrogen-bond acceptors (Lipinski definition) is 4. The molecule has 0 saturated carbocycles. The van der Waals surface area contributed by atoms with Gasteiger partial charge in [0.25, 0.3) is 0 Å². The van der Waals surface area contributed by atoms with Gasteiger partial charge in [-0.15, -0.1) is 10.2 Å². The molecule has 2 aliphatic rings. The van der Waals surface area contributed by atoms with Crippen molar-refractivity contribution in [3.05, 3.63) is 23.3 Å². The summed E-state index contributed by atoms with van der Waals surface area (Å²) in [7, 11) is 0. The van der Waals surface area contributed by atoms with Crippen LogP contribution in [0.25, 0.3) is 0 Å². The smallest absolute Gasteiger partial charge is 0.226 e. The van der Waals surface area contributed by atoms with Gasteiger partial charge in [0.05, 0.1) is 6.04 Å². The van der Waals surface area contributed by atoms with Crippen molar-refractivity contribution in [2.24, 2.45) is 5.92 Å². The van der Waals surface area contributed by atoms with Crippen molar-refractivity contribution < 1.29 is 9.59 Å². The molecule has 1 N–H and O–H groups in total. The number of nitrogens with zero attached hydrogens (tertiary/aromatic N) is 4. The van der Waals surface area contributed by atoms with Crippen LogP contribution in [-0.2, 0) is 22.6 Å². The number of rotatable bonds is 6. The second kappa shape index (κ2) is 9.34. The number of allylic oxidation sites excluding steroid dienone is 1. The summed E-state index contributed by atoms with van der Waals surface area (Å²) in [5, 5.41) is 11.8. The molecule has 3 rings (SSSR count). The first-order valence-electron chi connectivity index (χ1n) is 10.7. The third-order valence-electron chi connectivity index (χ3n) is 5.75. The molecule has 0 unspecified atom stereocenters. The average molecular weight is 388 g/mol. The summed E-state index contributed by atoms with van der Waals surface area (Å²) in [4.78, 5) is 26.7. The maximum absolute atomic E-state index is 12.8. The number of hydrogen-bond donors (Lipinski definition) is 1. The molecule has 2 heterocycles. The monoisotopic (exact) mass is 387 g/mol. The first-order valence-corrected chi connectivity index (χ1v) is 10.7. The number of amides is 2. The van der Waals surface area contributed by atoms with Crippen molar-refractivity contribution in [1.82, 2.24) is 25.0 Å². The SMILES string of the molecule is CCC(=O)N[C@@H](c1nnc2n1CCN(C(=O)CC1=CCCCC1)CC2)C(C)C. The number of nitrogens with one attached hydrogen (secondary N) is 1. The van der Waals surface area contributed by atoms with Crippen LogP contribution in [0, 0.1) is 5.92 Å². The minimum absolute atomic E-state index is 0.0160. The second-order valence-electron chi connectivity index (χ2n) is 8.18. The topological polar surface area (TPSA) is 80.1 Å². The fourth-order valence-electron chi connectivity index (χ4n) is 4.00. The Hall–Kier alpha value is -2.18. The molecule has 0 radical (unpaired) electrons. The second-order valence-corrected chi connectivity index (χ2v) is 8.18. The van der Waals surface area contributed by atoms with E-state index in [1.165, 1.54) is 18.4 Å². The molecule has 0 aromatic carbocycles. The summed E-state index contributed by atoms with van der Waals surface area (Å²) in [6.07, 6.45) is 8.54. The lowest BCUT2D eigenvalue weighted by Gasteiger charge is -2.24. The van der Waals surface area contributed by atoms with Crippen LogP contribution in [0.3, 0.4) is 0 Å². The summed E-state index contributed by atoms with van der Waals surface area (Å²) >= 11 is 0. The summed E-state index contributed by atoms with van der Waals surface area (Å²) < 4.78 is 2.10. The van der Waals surface area contributed by atoms with Crippen molar-refractivity contribution in [2.75, 3.05) is 13.1 Å². The van der Waals surface area contributed by atoms with Crippen molar-refractivity contribution in [3.8, 4) is 0 Å². The van der Waals surface area contributed by atoms with Crippen LogP contribution in [0.4, 0.5) is 0 Å². The fourth-order valence-corrected chi connectivity index (χ4v) is 4.00. The Labute approximate surface area is 167 Å². The van der Waals surface area contributed by atoms with Gasteiger partial charge in [0.2, 0.25) is 11.8 Å². The van der Waals surface area contributed by atoms with E-state index in [0.29, 0.717) is 38.9 Å². The van der Waals surface area contributed by atoms with Gasteiger partial charge >= 0.3 is 0 Å². The molecule has 7 nitrogen and oxygen atoms in total. The summed E-state index contributed by atoms with van der Waals surface area (Å²) in [6, 6.07) is -0.164. The summed E-state index contributed by atoms with van der Waals surface area (Å²) in [6.45, 7) is 8.02. The molecule has 0 bridgehead atoms. The van der Waals surface area contributed by atoms with Gasteiger partial charge in [0.15, 0.2) is 5.82 Å². The van der Waals surface area contributed by atoms with Gasteiger partial charge < -0.3 is 14.8 Å². The standard InChI is InChI=1S/C21H33N5O2/c1-4-18(27)22-20(15(2)3)21-24-23-17-10-11-25(12-13-26(17)21)19(28)14-16-8-6-5-7-9-16/h8,15,20H,4-7,9-14H2,1-3H3,(H,22,27)/t20-/m1/s1. The van der Waals surface area contributed by atoms with Gasteiger partial charge in [-0.3, -0.25) is 9.59 Å². The molecule has 0 saturated heterocycles. The number of carbonyl (C=O) groups excluding carboxylic acids is 2. The molecule has 1 atom stereocenters. The van der Waals surface area contributed by atoms with Crippen LogP contribution in [-0.4, -0.2) is 44.6 Å². The molecule has 28 heavy (non-hydrogen) atoms. The largest absolute Gasteiger partial charge is 0.346 e. The third kappa shape index (κ3) is 4.80. The minimum atomic E-state index is -0.164. The lowest BCUT2D eigenvalue weighted by atomic mass is 9.97. The van der Waals surface area contributed by atoms with Gasteiger partial charge in [0.1, 0.15) is 5.82 Å². The number of fused-ring (bicyclic) bond motifs is 1. The normalized spacial score (nSPS) is 18.3. The number of aromatic nitrogens is 3. The minimum Gasteiger partial charge on any atom is -0.346 e. The lowest BCUT2D eigenvalue weighted by Crippen LogP contribution is -2.35. The van der Waals surface area contributed by atoms with E-state index >= 15 is 0 Å². The van der Waals surface area contributed by atoms with E-state index in [2.05, 4.69) is 40.0 Å². The van der Waals surface area contributed by atoms with E-state index in [1.54, 1.807) is 0 Å². The predicted molar refractivity (Wildman–Crippen MR) is 107 cm³/mol. The van der Waals surface area contributed by atoms with Crippen molar-refractivity contribution in [1.29, 1.82) is 0 Å². The quantitative estimate of drug-likeness (QED) is 0.761. The predicted octanol–water partition coefficient (Wildman–Crippen LogP) is 2.78. The van der Waals surface area contributed by atoms with Crippen molar-refractivity contribution in [3.63, 3.8) is 0 Å². The van der Waals surface area contributed by atoms with Crippen molar-refractivity contribution >= 4 is 11.8 Å². The van der Waals surface area contributed by atoms with Gasteiger partial charge in [-0.2, -0.15) is 0 Å². The fraction of sp³-hybridized carbons (Fsp3) is 0.714. The van der Waals surface area contributed by atoms with Gasteiger partial charge in [-0.25, -0.2) is 0 Å².